The Morgan fingerprint density at radius 2 is 2.33 bits per heavy atom. The first kappa shape index (κ1) is 13.8. The quantitative estimate of drug-likeness (QED) is 0.930. The molecule has 0 amide bonds. The third kappa shape index (κ3) is 3.46. The standard InChI is InChI=1S/C14H20BrNO2/c1-2-12-10-16(7-4-8-18-12)9-11-5-3-6-13(15)14(11)17/h3,5-6,12,17H,2,4,7-10H2,1H3. The Morgan fingerprint density at radius 3 is 3.11 bits per heavy atom. The molecular weight excluding hydrogens is 294 g/mol. The van der Waals surface area contributed by atoms with E-state index in [2.05, 4.69) is 27.8 Å². The first-order valence-corrected chi connectivity index (χ1v) is 7.30. The van der Waals surface area contributed by atoms with Crippen molar-refractivity contribution in [1.29, 1.82) is 0 Å². The number of hydrogen-bond donors (Lipinski definition) is 1. The van der Waals surface area contributed by atoms with Gasteiger partial charge in [-0.25, -0.2) is 0 Å². The summed E-state index contributed by atoms with van der Waals surface area (Å²) in [6.45, 7) is 5.76. The molecule has 0 aromatic heterocycles. The van der Waals surface area contributed by atoms with E-state index >= 15 is 0 Å². The summed E-state index contributed by atoms with van der Waals surface area (Å²) >= 11 is 3.36. The number of hydrogen-bond acceptors (Lipinski definition) is 3. The average molecular weight is 314 g/mol. The number of halogens is 1. The van der Waals surface area contributed by atoms with Crippen molar-refractivity contribution in [3.63, 3.8) is 0 Å². The molecule has 1 atom stereocenters. The Hall–Kier alpha value is -0.580. The van der Waals surface area contributed by atoms with E-state index in [1.165, 1.54) is 0 Å². The second-order valence-corrected chi connectivity index (χ2v) is 5.59. The van der Waals surface area contributed by atoms with Crippen LogP contribution in [0.2, 0.25) is 0 Å². The maximum atomic E-state index is 10.0. The van der Waals surface area contributed by atoms with Crippen LogP contribution < -0.4 is 0 Å². The number of nitrogens with zero attached hydrogens (tertiary/aromatic N) is 1. The number of phenols is 1. The molecule has 0 radical (unpaired) electrons. The largest absolute Gasteiger partial charge is 0.506 e. The van der Waals surface area contributed by atoms with Gasteiger partial charge in [0, 0.05) is 31.8 Å². The van der Waals surface area contributed by atoms with Crippen molar-refractivity contribution in [1.82, 2.24) is 4.90 Å². The number of para-hydroxylation sites is 1. The molecule has 0 aliphatic carbocycles. The summed E-state index contributed by atoms with van der Waals surface area (Å²) in [5.41, 5.74) is 0.973. The number of benzene rings is 1. The minimum Gasteiger partial charge on any atom is -0.506 e. The average Bonchev–Trinajstić information content (AvgIpc) is 2.60. The zero-order chi connectivity index (χ0) is 13.0. The zero-order valence-corrected chi connectivity index (χ0v) is 12.3. The molecule has 1 saturated heterocycles. The highest BCUT2D eigenvalue weighted by Crippen LogP contribution is 2.28. The summed E-state index contributed by atoms with van der Waals surface area (Å²) in [7, 11) is 0. The van der Waals surface area contributed by atoms with Gasteiger partial charge in [0.1, 0.15) is 5.75 Å². The molecule has 1 aliphatic heterocycles. The number of ether oxygens (including phenoxy) is 1. The molecule has 18 heavy (non-hydrogen) atoms. The Morgan fingerprint density at radius 1 is 1.50 bits per heavy atom. The van der Waals surface area contributed by atoms with E-state index in [4.69, 9.17) is 4.74 Å². The number of rotatable bonds is 3. The highest BCUT2D eigenvalue weighted by molar-refractivity contribution is 9.10. The Balaban J connectivity index is 2.05. The van der Waals surface area contributed by atoms with Crippen molar-refractivity contribution >= 4 is 15.9 Å². The minimum atomic E-state index is 0.321. The van der Waals surface area contributed by atoms with Crippen molar-refractivity contribution in [3.8, 4) is 5.75 Å². The highest BCUT2D eigenvalue weighted by Gasteiger charge is 2.18. The number of phenolic OH excluding ortho intramolecular Hbond substituents is 1. The van der Waals surface area contributed by atoms with Gasteiger partial charge >= 0.3 is 0 Å². The lowest BCUT2D eigenvalue weighted by molar-refractivity contribution is 0.0509. The van der Waals surface area contributed by atoms with E-state index in [1.807, 2.05) is 18.2 Å². The van der Waals surface area contributed by atoms with Gasteiger partial charge < -0.3 is 9.84 Å². The summed E-state index contributed by atoms with van der Waals surface area (Å²) in [5, 5.41) is 10.0. The maximum Gasteiger partial charge on any atom is 0.134 e. The lowest BCUT2D eigenvalue weighted by Gasteiger charge is -2.23. The normalized spacial score (nSPS) is 21.8. The summed E-state index contributed by atoms with van der Waals surface area (Å²) in [6, 6.07) is 5.80. The van der Waals surface area contributed by atoms with Crippen LogP contribution in [0.1, 0.15) is 25.3 Å². The molecule has 1 aromatic rings. The van der Waals surface area contributed by atoms with E-state index in [0.29, 0.717) is 11.9 Å². The molecule has 3 nitrogen and oxygen atoms in total. The summed E-state index contributed by atoms with van der Waals surface area (Å²) in [5.74, 6) is 0.357. The topological polar surface area (TPSA) is 32.7 Å². The van der Waals surface area contributed by atoms with Gasteiger partial charge in [0.15, 0.2) is 0 Å². The van der Waals surface area contributed by atoms with Gasteiger partial charge in [0.25, 0.3) is 0 Å². The van der Waals surface area contributed by atoms with Crippen LogP contribution in [0, 0.1) is 0 Å². The Bertz CT molecular complexity index is 397. The highest BCUT2D eigenvalue weighted by atomic mass is 79.9. The van der Waals surface area contributed by atoms with Crippen molar-refractivity contribution < 1.29 is 9.84 Å². The van der Waals surface area contributed by atoms with Crippen LogP contribution in [0.25, 0.3) is 0 Å². The van der Waals surface area contributed by atoms with Crippen LogP contribution in [0.3, 0.4) is 0 Å². The molecule has 0 bridgehead atoms. The molecular formula is C14H20BrNO2. The molecule has 0 spiro atoms. The fraction of sp³-hybridized carbons (Fsp3) is 0.571. The van der Waals surface area contributed by atoms with Gasteiger partial charge in [0.2, 0.25) is 0 Å². The first-order chi connectivity index (χ1) is 8.70. The SMILES string of the molecule is CCC1CN(Cc2cccc(Br)c2O)CCCO1. The minimum absolute atomic E-state index is 0.321. The summed E-state index contributed by atoms with van der Waals surface area (Å²) < 4.78 is 6.52. The molecule has 4 heteroatoms. The van der Waals surface area contributed by atoms with E-state index in [0.717, 1.165) is 49.1 Å². The van der Waals surface area contributed by atoms with Gasteiger partial charge in [-0.15, -0.1) is 0 Å². The van der Waals surface area contributed by atoms with Gasteiger partial charge in [-0.3, -0.25) is 4.90 Å². The second-order valence-electron chi connectivity index (χ2n) is 4.74. The van der Waals surface area contributed by atoms with Crippen LogP contribution in [0.4, 0.5) is 0 Å². The monoisotopic (exact) mass is 313 g/mol. The summed E-state index contributed by atoms with van der Waals surface area (Å²) in [6.07, 6.45) is 2.42. The van der Waals surface area contributed by atoms with E-state index < -0.39 is 0 Å². The molecule has 1 aliphatic rings. The molecule has 100 valence electrons. The molecule has 1 heterocycles. The Labute approximate surface area is 117 Å². The van der Waals surface area contributed by atoms with E-state index in [1.54, 1.807) is 0 Å². The fourth-order valence-electron chi connectivity index (χ4n) is 2.29. The molecule has 1 aromatic carbocycles. The lowest BCUT2D eigenvalue weighted by atomic mass is 10.1. The van der Waals surface area contributed by atoms with E-state index in [-0.39, 0.29) is 0 Å². The van der Waals surface area contributed by atoms with Crippen LogP contribution in [-0.2, 0) is 11.3 Å². The van der Waals surface area contributed by atoms with Gasteiger partial charge in [-0.2, -0.15) is 0 Å². The van der Waals surface area contributed by atoms with Gasteiger partial charge in [-0.1, -0.05) is 19.1 Å². The van der Waals surface area contributed by atoms with E-state index in [9.17, 15) is 5.11 Å². The molecule has 1 fully saturated rings. The van der Waals surface area contributed by atoms with Crippen molar-refractivity contribution in [2.24, 2.45) is 0 Å². The molecule has 0 saturated carbocycles. The van der Waals surface area contributed by atoms with Crippen LogP contribution in [-0.4, -0.2) is 35.8 Å². The predicted molar refractivity (Wildman–Crippen MR) is 75.7 cm³/mol. The number of aromatic hydroxyl groups is 1. The maximum absolute atomic E-state index is 10.0. The first-order valence-electron chi connectivity index (χ1n) is 6.51. The zero-order valence-electron chi connectivity index (χ0n) is 10.7. The van der Waals surface area contributed by atoms with Crippen molar-refractivity contribution in [2.75, 3.05) is 19.7 Å². The van der Waals surface area contributed by atoms with Crippen LogP contribution in [0.15, 0.2) is 22.7 Å². The summed E-state index contributed by atoms with van der Waals surface area (Å²) in [4.78, 5) is 2.36. The predicted octanol–water partition coefficient (Wildman–Crippen LogP) is 3.16. The van der Waals surface area contributed by atoms with Gasteiger partial charge in [0.05, 0.1) is 10.6 Å². The third-order valence-electron chi connectivity index (χ3n) is 3.35. The fourth-order valence-corrected chi connectivity index (χ4v) is 2.70. The Kier molecular flexibility index (Phi) is 5.03. The molecule has 1 N–H and O–H groups in total. The lowest BCUT2D eigenvalue weighted by Crippen LogP contribution is -2.31. The third-order valence-corrected chi connectivity index (χ3v) is 3.99. The van der Waals surface area contributed by atoms with Gasteiger partial charge in [-0.05, 0) is 34.8 Å². The molecule has 1 unspecified atom stereocenters. The van der Waals surface area contributed by atoms with Crippen LogP contribution in [0.5, 0.6) is 5.75 Å². The second kappa shape index (κ2) is 6.55. The van der Waals surface area contributed by atoms with Crippen molar-refractivity contribution in [2.45, 2.75) is 32.4 Å². The molecule has 2 rings (SSSR count). The van der Waals surface area contributed by atoms with Crippen molar-refractivity contribution in [3.05, 3.63) is 28.2 Å². The smallest absolute Gasteiger partial charge is 0.134 e. The van der Waals surface area contributed by atoms with Crippen LogP contribution >= 0.6 is 15.9 Å².